The molecule has 0 amide bonds. The number of rotatable bonds is 5. The smallest absolute Gasteiger partial charge is 0.0455 e. The third-order valence-electron chi connectivity index (χ3n) is 2.62. The van der Waals surface area contributed by atoms with Crippen LogP contribution in [0.4, 0.5) is 11.4 Å². The van der Waals surface area contributed by atoms with Gasteiger partial charge in [-0.2, -0.15) is 0 Å². The van der Waals surface area contributed by atoms with Crippen LogP contribution in [0.25, 0.3) is 0 Å². The molecule has 0 saturated carbocycles. The molecule has 2 aromatic carbocycles. The van der Waals surface area contributed by atoms with Crippen LogP contribution in [0.2, 0.25) is 0 Å². The zero-order valence-electron chi connectivity index (χ0n) is 11.0. The molecule has 0 unspecified atom stereocenters. The van der Waals surface area contributed by atoms with E-state index < -0.39 is 0 Å². The quantitative estimate of drug-likeness (QED) is 0.475. The molecule has 0 atom stereocenters. The normalized spacial score (nSPS) is 10.2. The maximum Gasteiger partial charge on any atom is 0.0455 e. The van der Waals surface area contributed by atoms with Gasteiger partial charge in [0, 0.05) is 31.0 Å². The largest absolute Gasteiger partial charge is 0.398 e. The summed E-state index contributed by atoms with van der Waals surface area (Å²) in [6, 6.07) is 15.4. The van der Waals surface area contributed by atoms with E-state index in [-0.39, 0.29) is 0 Å². The molecule has 2 aromatic rings. The molecule has 0 heterocycles. The van der Waals surface area contributed by atoms with E-state index in [1.807, 2.05) is 48.5 Å². The van der Waals surface area contributed by atoms with E-state index >= 15 is 0 Å². The van der Waals surface area contributed by atoms with Gasteiger partial charge in [0.15, 0.2) is 0 Å². The fraction of sp³-hybridized carbons (Fsp3) is 0. The van der Waals surface area contributed by atoms with Crippen LogP contribution in [0.1, 0.15) is 0 Å². The van der Waals surface area contributed by atoms with Crippen LogP contribution >= 0.6 is 23.5 Å². The maximum atomic E-state index is 5.93. The Bertz CT molecular complexity index is 593. The molecule has 0 aliphatic rings. The van der Waals surface area contributed by atoms with Crippen LogP contribution in [0.15, 0.2) is 81.3 Å². The molecule has 20 heavy (non-hydrogen) atoms. The first-order chi connectivity index (χ1) is 9.58. The minimum atomic E-state index is 0.746. The molecule has 2 nitrogen and oxygen atoms in total. The standard InChI is InChI=1S/C16H16N2S2/c1-11(19-15-9-5-3-7-13(15)17)12(2)20-16-10-6-4-8-14(16)18/h3-10H,1-2,17-18H2. The second-order valence-electron chi connectivity index (χ2n) is 4.13. The molecular weight excluding hydrogens is 284 g/mol. The van der Waals surface area contributed by atoms with Gasteiger partial charge in [0.2, 0.25) is 0 Å². The molecule has 4 N–H and O–H groups in total. The Hall–Kier alpha value is -1.78. The van der Waals surface area contributed by atoms with Crippen LogP contribution in [-0.2, 0) is 0 Å². The Morgan fingerprint density at radius 3 is 1.40 bits per heavy atom. The number of thioether (sulfide) groups is 2. The van der Waals surface area contributed by atoms with E-state index in [4.69, 9.17) is 11.5 Å². The highest BCUT2D eigenvalue weighted by Gasteiger charge is 2.08. The molecule has 4 heteroatoms. The first-order valence-corrected chi connectivity index (χ1v) is 7.64. The van der Waals surface area contributed by atoms with E-state index in [9.17, 15) is 0 Å². The summed E-state index contributed by atoms with van der Waals surface area (Å²) in [5, 5.41) is 0. The van der Waals surface area contributed by atoms with Crippen molar-refractivity contribution < 1.29 is 0 Å². The first-order valence-electron chi connectivity index (χ1n) is 6.01. The third kappa shape index (κ3) is 3.62. The summed E-state index contributed by atoms with van der Waals surface area (Å²) in [6.07, 6.45) is 0. The third-order valence-corrected chi connectivity index (χ3v) is 4.91. The lowest BCUT2D eigenvalue weighted by atomic mass is 10.3. The number of benzene rings is 2. The number of anilines is 2. The molecule has 0 saturated heterocycles. The van der Waals surface area contributed by atoms with Crippen molar-refractivity contribution in [3.8, 4) is 0 Å². The molecule has 0 aliphatic heterocycles. The van der Waals surface area contributed by atoms with Crippen molar-refractivity contribution in [2.45, 2.75) is 9.79 Å². The van der Waals surface area contributed by atoms with Gasteiger partial charge >= 0.3 is 0 Å². The summed E-state index contributed by atoms with van der Waals surface area (Å²) in [4.78, 5) is 3.72. The van der Waals surface area contributed by atoms with Gasteiger partial charge in [-0.15, -0.1) is 0 Å². The van der Waals surface area contributed by atoms with Crippen LogP contribution in [-0.4, -0.2) is 0 Å². The summed E-state index contributed by atoms with van der Waals surface area (Å²) in [6.45, 7) is 8.13. The molecule has 0 radical (unpaired) electrons. The van der Waals surface area contributed by atoms with Gasteiger partial charge in [-0.05, 0) is 24.3 Å². The molecule has 0 spiro atoms. The topological polar surface area (TPSA) is 52.0 Å². The fourth-order valence-electron chi connectivity index (χ4n) is 1.53. The van der Waals surface area contributed by atoms with E-state index in [0.29, 0.717) is 0 Å². The van der Waals surface area contributed by atoms with Crippen molar-refractivity contribution in [1.82, 2.24) is 0 Å². The summed E-state index contributed by atoms with van der Waals surface area (Å²) in [5.74, 6) is 0. The van der Waals surface area contributed by atoms with Crippen molar-refractivity contribution in [3.63, 3.8) is 0 Å². The van der Waals surface area contributed by atoms with E-state index in [2.05, 4.69) is 13.2 Å². The lowest BCUT2D eigenvalue weighted by Crippen LogP contribution is -1.89. The summed E-state index contributed by atoms with van der Waals surface area (Å²) >= 11 is 3.05. The number of para-hydroxylation sites is 2. The Kier molecular flexibility index (Phi) is 4.82. The van der Waals surface area contributed by atoms with Gasteiger partial charge in [0.05, 0.1) is 0 Å². The Morgan fingerprint density at radius 2 is 1.05 bits per heavy atom. The first kappa shape index (κ1) is 14.6. The Balaban J connectivity index is 2.05. The Morgan fingerprint density at radius 1 is 0.700 bits per heavy atom. The van der Waals surface area contributed by atoms with Gasteiger partial charge in [-0.25, -0.2) is 0 Å². The maximum absolute atomic E-state index is 5.93. The van der Waals surface area contributed by atoms with Crippen molar-refractivity contribution in [1.29, 1.82) is 0 Å². The zero-order valence-corrected chi connectivity index (χ0v) is 12.6. The molecule has 2 rings (SSSR count). The highest BCUT2D eigenvalue weighted by atomic mass is 32.2. The van der Waals surface area contributed by atoms with Crippen molar-refractivity contribution in [2.24, 2.45) is 0 Å². The SMILES string of the molecule is C=C(Sc1ccccc1N)C(=C)Sc1ccccc1N. The van der Waals surface area contributed by atoms with Crippen LogP contribution in [0, 0.1) is 0 Å². The lowest BCUT2D eigenvalue weighted by molar-refractivity contribution is 1.46. The van der Waals surface area contributed by atoms with Crippen LogP contribution < -0.4 is 11.5 Å². The molecule has 0 aliphatic carbocycles. The lowest BCUT2D eigenvalue weighted by Gasteiger charge is -2.11. The van der Waals surface area contributed by atoms with Crippen LogP contribution in [0.3, 0.4) is 0 Å². The van der Waals surface area contributed by atoms with Crippen molar-refractivity contribution in [3.05, 3.63) is 71.5 Å². The van der Waals surface area contributed by atoms with Gasteiger partial charge in [-0.1, -0.05) is 60.9 Å². The Labute approximate surface area is 127 Å². The number of hydrogen-bond donors (Lipinski definition) is 2. The van der Waals surface area contributed by atoms with Crippen LogP contribution in [0.5, 0.6) is 0 Å². The highest BCUT2D eigenvalue weighted by molar-refractivity contribution is 8.08. The highest BCUT2D eigenvalue weighted by Crippen LogP contribution is 2.41. The second kappa shape index (κ2) is 6.59. The fourth-order valence-corrected chi connectivity index (χ4v) is 3.20. The predicted molar refractivity (Wildman–Crippen MR) is 91.7 cm³/mol. The summed E-state index contributed by atoms with van der Waals surface area (Å²) < 4.78 is 0. The molecule has 0 fully saturated rings. The summed E-state index contributed by atoms with van der Waals surface area (Å²) in [5.41, 5.74) is 13.3. The number of nitrogens with two attached hydrogens (primary N) is 2. The van der Waals surface area contributed by atoms with Gasteiger partial charge in [0.25, 0.3) is 0 Å². The van der Waals surface area contributed by atoms with E-state index in [1.54, 1.807) is 0 Å². The molecular formula is C16H16N2S2. The van der Waals surface area contributed by atoms with Crippen molar-refractivity contribution >= 4 is 34.9 Å². The van der Waals surface area contributed by atoms with Gasteiger partial charge < -0.3 is 11.5 Å². The number of hydrogen-bond acceptors (Lipinski definition) is 4. The average Bonchev–Trinajstić information content (AvgIpc) is 2.43. The number of nitrogen functional groups attached to an aromatic ring is 2. The van der Waals surface area contributed by atoms with E-state index in [0.717, 1.165) is 31.0 Å². The zero-order chi connectivity index (χ0) is 14.5. The second-order valence-corrected chi connectivity index (χ2v) is 6.40. The predicted octanol–water partition coefficient (Wildman–Crippen LogP) is 4.76. The van der Waals surface area contributed by atoms with Crippen molar-refractivity contribution in [2.75, 3.05) is 11.5 Å². The minimum absolute atomic E-state index is 0.746. The molecule has 0 bridgehead atoms. The summed E-state index contributed by atoms with van der Waals surface area (Å²) in [7, 11) is 0. The molecule has 0 aromatic heterocycles. The van der Waals surface area contributed by atoms with Gasteiger partial charge in [0.1, 0.15) is 0 Å². The molecule has 102 valence electrons. The van der Waals surface area contributed by atoms with E-state index in [1.165, 1.54) is 23.5 Å². The minimum Gasteiger partial charge on any atom is -0.398 e. The average molecular weight is 300 g/mol. The monoisotopic (exact) mass is 300 g/mol. The van der Waals surface area contributed by atoms with Gasteiger partial charge in [-0.3, -0.25) is 0 Å².